The van der Waals surface area contributed by atoms with Crippen molar-refractivity contribution in [3.63, 3.8) is 0 Å². The molecule has 1 fully saturated rings. The average molecular weight is 330 g/mol. The van der Waals surface area contributed by atoms with Gasteiger partial charge in [0.2, 0.25) is 5.89 Å². The number of carbonyl (C=O) groups excluding carboxylic acids is 1. The maximum atomic E-state index is 12.5. The first-order chi connectivity index (χ1) is 11.3. The zero-order valence-corrected chi connectivity index (χ0v) is 14.2. The van der Waals surface area contributed by atoms with Crippen molar-refractivity contribution in [2.24, 2.45) is 0 Å². The number of phenols is 1. The summed E-state index contributed by atoms with van der Waals surface area (Å²) in [6.45, 7) is 8.59. The number of carbonyl (C=O) groups is 1. The molecule has 1 aliphatic rings. The number of benzene rings is 1. The Labute approximate surface area is 140 Å². The molecule has 1 saturated heterocycles. The Morgan fingerprint density at radius 3 is 2.29 bits per heavy atom. The Morgan fingerprint density at radius 1 is 1.12 bits per heavy atom. The van der Waals surface area contributed by atoms with Crippen LogP contribution in [0.2, 0.25) is 0 Å². The molecule has 128 valence electrons. The van der Waals surface area contributed by atoms with E-state index in [1.165, 1.54) is 12.1 Å². The third-order valence-electron chi connectivity index (χ3n) is 4.02. The van der Waals surface area contributed by atoms with Crippen molar-refractivity contribution in [1.29, 1.82) is 0 Å². The smallest absolute Gasteiger partial charge is 0.266 e. The van der Waals surface area contributed by atoms with E-state index in [0.29, 0.717) is 43.6 Å². The standard InChI is InChI=1S/C17H22N4O3/c1-17(2,3)15-18-16(19-24-15)21-10-8-20(9-11-21)14(23)12-4-6-13(22)7-5-12/h4-7,22H,8-11H2,1-3H3. The number of amides is 1. The maximum Gasteiger partial charge on any atom is 0.266 e. The Balaban J connectivity index is 1.62. The lowest BCUT2D eigenvalue weighted by atomic mass is 9.97. The first kappa shape index (κ1) is 16.3. The fraction of sp³-hybridized carbons (Fsp3) is 0.471. The summed E-state index contributed by atoms with van der Waals surface area (Å²) in [5.74, 6) is 1.32. The van der Waals surface area contributed by atoms with Gasteiger partial charge < -0.3 is 19.4 Å². The van der Waals surface area contributed by atoms with Gasteiger partial charge in [0.25, 0.3) is 11.9 Å². The summed E-state index contributed by atoms with van der Waals surface area (Å²) >= 11 is 0. The molecule has 1 aliphatic heterocycles. The summed E-state index contributed by atoms with van der Waals surface area (Å²) in [6.07, 6.45) is 0. The molecule has 0 spiro atoms. The van der Waals surface area contributed by atoms with E-state index in [1.807, 2.05) is 25.7 Å². The zero-order chi connectivity index (χ0) is 17.3. The first-order valence-corrected chi connectivity index (χ1v) is 8.02. The van der Waals surface area contributed by atoms with Crippen LogP contribution in [0.1, 0.15) is 37.0 Å². The van der Waals surface area contributed by atoms with Gasteiger partial charge in [0.05, 0.1) is 0 Å². The van der Waals surface area contributed by atoms with Crippen LogP contribution >= 0.6 is 0 Å². The Morgan fingerprint density at radius 2 is 1.75 bits per heavy atom. The van der Waals surface area contributed by atoms with Crippen LogP contribution in [0.4, 0.5) is 5.95 Å². The summed E-state index contributed by atoms with van der Waals surface area (Å²) in [4.78, 5) is 20.8. The molecule has 1 amide bonds. The van der Waals surface area contributed by atoms with Gasteiger partial charge in [-0.15, -0.1) is 0 Å². The maximum absolute atomic E-state index is 12.5. The highest BCUT2D eigenvalue weighted by Gasteiger charge is 2.27. The molecule has 7 heteroatoms. The second-order valence-corrected chi connectivity index (χ2v) is 6.98. The highest BCUT2D eigenvalue weighted by Crippen LogP contribution is 2.23. The summed E-state index contributed by atoms with van der Waals surface area (Å²) in [5, 5.41) is 13.4. The highest BCUT2D eigenvalue weighted by molar-refractivity contribution is 5.94. The van der Waals surface area contributed by atoms with Gasteiger partial charge in [-0.25, -0.2) is 0 Å². The monoisotopic (exact) mass is 330 g/mol. The lowest BCUT2D eigenvalue weighted by molar-refractivity contribution is 0.0746. The third kappa shape index (κ3) is 3.34. The molecular weight excluding hydrogens is 308 g/mol. The molecule has 0 saturated carbocycles. The number of aromatic hydroxyl groups is 1. The van der Waals surface area contributed by atoms with E-state index in [1.54, 1.807) is 17.0 Å². The van der Waals surface area contributed by atoms with Gasteiger partial charge in [-0.1, -0.05) is 20.8 Å². The highest BCUT2D eigenvalue weighted by atomic mass is 16.5. The van der Waals surface area contributed by atoms with Crippen LogP contribution in [0.15, 0.2) is 28.8 Å². The van der Waals surface area contributed by atoms with Gasteiger partial charge in [0.1, 0.15) is 5.75 Å². The van der Waals surface area contributed by atoms with Crippen LogP contribution in [0, 0.1) is 0 Å². The van der Waals surface area contributed by atoms with Crippen LogP contribution < -0.4 is 4.90 Å². The molecule has 7 nitrogen and oxygen atoms in total. The predicted octanol–water partition coefficient (Wildman–Crippen LogP) is 2.04. The molecule has 0 aliphatic carbocycles. The Bertz CT molecular complexity index is 710. The number of aromatic nitrogens is 2. The van der Waals surface area contributed by atoms with Crippen molar-refractivity contribution in [3.05, 3.63) is 35.7 Å². The van der Waals surface area contributed by atoms with Gasteiger partial charge in [-0.05, 0) is 29.4 Å². The molecule has 2 heterocycles. The average Bonchev–Trinajstić information content (AvgIpc) is 3.05. The van der Waals surface area contributed by atoms with E-state index in [0.717, 1.165) is 0 Å². The van der Waals surface area contributed by atoms with Crippen molar-refractivity contribution >= 4 is 11.9 Å². The van der Waals surface area contributed by atoms with E-state index in [-0.39, 0.29) is 17.1 Å². The topological polar surface area (TPSA) is 82.7 Å². The number of anilines is 1. The normalized spacial score (nSPS) is 15.6. The number of piperazine rings is 1. The molecule has 0 bridgehead atoms. The van der Waals surface area contributed by atoms with Crippen molar-refractivity contribution in [3.8, 4) is 5.75 Å². The minimum Gasteiger partial charge on any atom is -0.508 e. The van der Waals surface area contributed by atoms with Crippen molar-refractivity contribution in [2.45, 2.75) is 26.2 Å². The fourth-order valence-corrected chi connectivity index (χ4v) is 2.54. The predicted molar refractivity (Wildman–Crippen MR) is 89.2 cm³/mol. The molecule has 0 radical (unpaired) electrons. The van der Waals surface area contributed by atoms with Crippen LogP contribution in [-0.4, -0.2) is 52.2 Å². The molecule has 1 aromatic heterocycles. The third-order valence-corrected chi connectivity index (χ3v) is 4.02. The SMILES string of the molecule is CC(C)(C)c1nc(N2CCN(C(=O)c3ccc(O)cc3)CC2)no1. The molecule has 0 unspecified atom stereocenters. The van der Waals surface area contributed by atoms with Crippen LogP contribution in [-0.2, 0) is 5.41 Å². The molecule has 3 rings (SSSR count). The number of nitrogens with zero attached hydrogens (tertiary/aromatic N) is 4. The van der Waals surface area contributed by atoms with E-state index in [9.17, 15) is 9.90 Å². The Kier molecular flexibility index (Phi) is 4.17. The second-order valence-electron chi connectivity index (χ2n) is 6.98. The summed E-state index contributed by atoms with van der Waals surface area (Å²) < 4.78 is 5.33. The van der Waals surface area contributed by atoms with Gasteiger partial charge in [0.15, 0.2) is 0 Å². The minimum absolute atomic E-state index is 0.0295. The first-order valence-electron chi connectivity index (χ1n) is 8.02. The molecule has 1 N–H and O–H groups in total. The summed E-state index contributed by atoms with van der Waals surface area (Å²) in [7, 11) is 0. The number of hydrogen-bond acceptors (Lipinski definition) is 6. The van der Waals surface area contributed by atoms with E-state index < -0.39 is 0 Å². The summed E-state index contributed by atoms with van der Waals surface area (Å²) in [5.41, 5.74) is 0.401. The second kappa shape index (κ2) is 6.14. The van der Waals surface area contributed by atoms with Crippen molar-refractivity contribution in [2.75, 3.05) is 31.1 Å². The zero-order valence-electron chi connectivity index (χ0n) is 14.2. The van der Waals surface area contributed by atoms with Crippen molar-refractivity contribution in [1.82, 2.24) is 15.0 Å². The van der Waals surface area contributed by atoms with Gasteiger partial charge in [-0.2, -0.15) is 4.98 Å². The van der Waals surface area contributed by atoms with E-state index in [2.05, 4.69) is 10.1 Å². The van der Waals surface area contributed by atoms with E-state index >= 15 is 0 Å². The molecule has 1 aromatic carbocycles. The molecule has 2 aromatic rings. The minimum atomic E-state index is -0.179. The lowest BCUT2D eigenvalue weighted by Gasteiger charge is -2.34. The largest absolute Gasteiger partial charge is 0.508 e. The van der Waals surface area contributed by atoms with E-state index in [4.69, 9.17) is 4.52 Å². The van der Waals surface area contributed by atoms with Crippen LogP contribution in [0.25, 0.3) is 0 Å². The van der Waals surface area contributed by atoms with Gasteiger partial charge >= 0.3 is 0 Å². The number of hydrogen-bond donors (Lipinski definition) is 1. The van der Waals surface area contributed by atoms with Gasteiger partial charge in [-0.3, -0.25) is 4.79 Å². The summed E-state index contributed by atoms with van der Waals surface area (Å²) in [6, 6.07) is 6.32. The van der Waals surface area contributed by atoms with Crippen LogP contribution in [0.5, 0.6) is 5.75 Å². The quantitative estimate of drug-likeness (QED) is 0.907. The van der Waals surface area contributed by atoms with Gasteiger partial charge in [0, 0.05) is 37.2 Å². The van der Waals surface area contributed by atoms with Crippen LogP contribution in [0.3, 0.4) is 0 Å². The molecular formula is C17H22N4O3. The van der Waals surface area contributed by atoms with Crippen molar-refractivity contribution < 1.29 is 14.4 Å². The molecule has 24 heavy (non-hydrogen) atoms. The number of phenolic OH excluding ortho intramolecular Hbond substituents is 1. The Hall–Kier alpha value is -2.57. The molecule has 0 atom stereocenters. The fourth-order valence-electron chi connectivity index (χ4n) is 2.54. The number of rotatable bonds is 2. The lowest BCUT2D eigenvalue weighted by Crippen LogP contribution is -2.49.